The third-order valence-corrected chi connectivity index (χ3v) is 5.08. The van der Waals surface area contributed by atoms with Gasteiger partial charge in [-0.2, -0.15) is 0 Å². The van der Waals surface area contributed by atoms with Crippen LogP contribution in [0.25, 0.3) is 0 Å². The molecule has 118 valence electrons. The van der Waals surface area contributed by atoms with E-state index >= 15 is 0 Å². The zero-order chi connectivity index (χ0) is 15.8. The number of unbranched alkanes of at least 4 members (excludes halogenated alkanes) is 1. The summed E-state index contributed by atoms with van der Waals surface area (Å²) in [6.07, 6.45) is 6.79. The van der Waals surface area contributed by atoms with Gasteiger partial charge in [0.15, 0.2) is 11.1 Å². The van der Waals surface area contributed by atoms with Crippen LogP contribution in [-0.4, -0.2) is 29.1 Å². The second-order valence-electron chi connectivity index (χ2n) is 6.36. The number of fused-ring (bicyclic) bond motifs is 1. The molecule has 2 rings (SSSR count). The van der Waals surface area contributed by atoms with Crippen LogP contribution in [-0.2, 0) is 14.3 Å². The molecule has 5 heteroatoms. The number of ether oxygens (including phenoxy) is 1. The molecule has 5 atom stereocenters. The van der Waals surface area contributed by atoms with Gasteiger partial charge in [-0.1, -0.05) is 39.3 Å². The van der Waals surface area contributed by atoms with Gasteiger partial charge >= 0.3 is 5.97 Å². The molecule has 0 aromatic carbocycles. The summed E-state index contributed by atoms with van der Waals surface area (Å²) >= 11 is 0. The highest BCUT2D eigenvalue weighted by Gasteiger charge is 2.78. The van der Waals surface area contributed by atoms with Crippen molar-refractivity contribution in [2.24, 2.45) is 17.6 Å². The van der Waals surface area contributed by atoms with Crippen molar-refractivity contribution in [3.05, 3.63) is 12.2 Å². The molecule has 2 saturated heterocycles. The minimum Gasteiger partial charge on any atom is -0.453 e. The minimum absolute atomic E-state index is 0.0142. The van der Waals surface area contributed by atoms with Gasteiger partial charge in [-0.25, -0.2) is 4.79 Å². The molecular weight excluding hydrogens is 268 g/mol. The SMILES string of the molecule is CCC/C=C\C(C)C(N)C12NC(=O)C(CC)C1(C)OC2=O. The number of esters is 1. The Morgan fingerprint density at radius 2 is 2.10 bits per heavy atom. The van der Waals surface area contributed by atoms with Gasteiger partial charge in [-0.3, -0.25) is 4.79 Å². The molecule has 2 aliphatic rings. The van der Waals surface area contributed by atoms with E-state index in [1.54, 1.807) is 0 Å². The number of hydrogen-bond donors (Lipinski definition) is 2. The lowest BCUT2D eigenvalue weighted by molar-refractivity contribution is -0.224. The van der Waals surface area contributed by atoms with E-state index in [1.807, 2.05) is 26.8 Å². The Balaban J connectivity index is 2.27. The Morgan fingerprint density at radius 1 is 1.43 bits per heavy atom. The van der Waals surface area contributed by atoms with Crippen LogP contribution < -0.4 is 11.1 Å². The number of amides is 1. The number of hydrogen-bond acceptors (Lipinski definition) is 4. The lowest BCUT2D eigenvalue weighted by Gasteiger charge is -2.54. The van der Waals surface area contributed by atoms with Crippen molar-refractivity contribution in [3.8, 4) is 0 Å². The first-order valence-electron chi connectivity index (χ1n) is 7.82. The van der Waals surface area contributed by atoms with Crippen LogP contribution >= 0.6 is 0 Å². The van der Waals surface area contributed by atoms with Crippen LogP contribution in [0, 0.1) is 11.8 Å². The third kappa shape index (κ3) is 2.01. The van der Waals surface area contributed by atoms with Crippen molar-refractivity contribution in [2.45, 2.75) is 64.1 Å². The highest BCUT2D eigenvalue weighted by Crippen LogP contribution is 2.52. The van der Waals surface area contributed by atoms with Crippen LogP contribution in [0.2, 0.25) is 0 Å². The van der Waals surface area contributed by atoms with Crippen LogP contribution in [0.5, 0.6) is 0 Å². The standard InChI is InChI=1S/C16H26N2O3/c1-5-7-8-9-10(3)12(17)16-14(20)21-15(16,4)11(6-2)13(19)18-16/h8-12H,5-7,17H2,1-4H3,(H,18,19)/b9-8-. The predicted molar refractivity (Wildman–Crippen MR) is 80.3 cm³/mol. The van der Waals surface area contributed by atoms with Gasteiger partial charge in [-0.15, -0.1) is 0 Å². The zero-order valence-electron chi connectivity index (χ0n) is 13.3. The van der Waals surface area contributed by atoms with E-state index in [0.717, 1.165) is 12.8 Å². The van der Waals surface area contributed by atoms with E-state index in [2.05, 4.69) is 18.3 Å². The van der Waals surface area contributed by atoms with Gasteiger partial charge in [0.25, 0.3) is 0 Å². The quantitative estimate of drug-likeness (QED) is 0.575. The van der Waals surface area contributed by atoms with Crippen molar-refractivity contribution in [2.75, 3.05) is 0 Å². The van der Waals surface area contributed by atoms with Crippen LogP contribution in [0.3, 0.4) is 0 Å². The van der Waals surface area contributed by atoms with E-state index in [4.69, 9.17) is 10.5 Å². The molecule has 21 heavy (non-hydrogen) atoms. The predicted octanol–water partition coefficient (Wildman–Crippen LogP) is 1.52. The van der Waals surface area contributed by atoms with Gasteiger partial charge in [-0.05, 0) is 25.7 Å². The Labute approximate surface area is 126 Å². The lowest BCUT2D eigenvalue weighted by atomic mass is 9.65. The highest BCUT2D eigenvalue weighted by molar-refractivity contribution is 6.02. The summed E-state index contributed by atoms with van der Waals surface area (Å²) in [7, 11) is 0. The summed E-state index contributed by atoms with van der Waals surface area (Å²) < 4.78 is 5.40. The van der Waals surface area contributed by atoms with Gasteiger partial charge in [0.05, 0.1) is 5.92 Å². The summed E-state index contributed by atoms with van der Waals surface area (Å²) in [6, 6.07) is -0.489. The summed E-state index contributed by atoms with van der Waals surface area (Å²) in [4.78, 5) is 24.4. The Bertz CT molecular complexity index is 476. The smallest absolute Gasteiger partial charge is 0.338 e. The molecule has 1 amide bonds. The average molecular weight is 294 g/mol. The normalized spacial score (nSPS) is 37.7. The Kier molecular flexibility index (Phi) is 4.15. The molecule has 0 bridgehead atoms. The maximum atomic E-state index is 12.2. The molecule has 3 N–H and O–H groups in total. The number of allylic oxidation sites excluding steroid dienone is 1. The van der Waals surface area contributed by atoms with Gasteiger partial charge < -0.3 is 15.8 Å². The van der Waals surface area contributed by atoms with Crippen LogP contribution in [0.4, 0.5) is 0 Å². The summed E-state index contributed by atoms with van der Waals surface area (Å²) in [6.45, 7) is 7.83. The number of carbonyl (C=O) groups excluding carboxylic acids is 2. The van der Waals surface area contributed by atoms with E-state index in [9.17, 15) is 9.59 Å². The molecular formula is C16H26N2O3. The zero-order valence-corrected chi connectivity index (χ0v) is 13.3. The van der Waals surface area contributed by atoms with Crippen molar-refractivity contribution >= 4 is 11.9 Å². The minimum atomic E-state index is -1.08. The number of nitrogens with one attached hydrogen (secondary N) is 1. The molecule has 0 radical (unpaired) electrons. The largest absolute Gasteiger partial charge is 0.453 e. The summed E-state index contributed by atoms with van der Waals surface area (Å²) in [5, 5.41) is 2.86. The first kappa shape index (κ1) is 16.0. The van der Waals surface area contributed by atoms with Crippen LogP contribution in [0.15, 0.2) is 12.2 Å². The van der Waals surface area contributed by atoms with Crippen molar-refractivity contribution in [3.63, 3.8) is 0 Å². The molecule has 2 fully saturated rings. The van der Waals surface area contributed by atoms with Crippen molar-refractivity contribution in [1.82, 2.24) is 5.32 Å². The topological polar surface area (TPSA) is 81.4 Å². The molecule has 5 unspecified atom stereocenters. The van der Waals surface area contributed by atoms with E-state index in [-0.39, 0.29) is 17.7 Å². The molecule has 0 aliphatic carbocycles. The fourth-order valence-corrected chi connectivity index (χ4v) is 3.68. The number of rotatable bonds is 6. The second-order valence-corrected chi connectivity index (χ2v) is 6.36. The molecule has 2 aliphatic heterocycles. The summed E-state index contributed by atoms with van der Waals surface area (Å²) in [5.41, 5.74) is 4.45. The van der Waals surface area contributed by atoms with Gasteiger partial charge in [0.2, 0.25) is 5.91 Å². The van der Waals surface area contributed by atoms with Gasteiger partial charge in [0, 0.05) is 6.04 Å². The third-order valence-electron chi connectivity index (χ3n) is 5.08. The van der Waals surface area contributed by atoms with E-state index in [1.165, 1.54) is 0 Å². The molecule has 0 aromatic heterocycles. The average Bonchev–Trinajstić information content (AvgIpc) is 2.61. The fourth-order valence-electron chi connectivity index (χ4n) is 3.68. The van der Waals surface area contributed by atoms with Crippen LogP contribution in [0.1, 0.15) is 47.0 Å². The monoisotopic (exact) mass is 294 g/mol. The first-order valence-corrected chi connectivity index (χ1v) is 7.82. The molecule has 0 spiro atoms. The second kappa shape index (κ2) is 5.44. The number of carbonyl (C=O) groups is 2. The maximum absolute atomic E-state index is 12.2. The molecule has 0 saturated carbocycles. The molecule has 0 aromatic rings. The first-order chi connectivity index (χ1) is 9.85. The van der Waals surface area contributed by atoms with Crippen molar-refractivity contribution < 1.29 is 14.3 Å². The number of nitrogens with two attached hydrogens (primary N) is 1. The lowest BCUT2D eigenvalue weighted by Crippen LogP contribution is -2.81. The maximum Gasteiger partial charge on any atom is 0.338 e. The van der Waals surface area contributed by atoms with E-state index in [0.29, 0.717) is 6.42 Å². The summed E-state index contributed by atoms with van der Waals surface area (Å²) in [5.74, 6) is -0.878. The highest BCUT2D eigenvalue weighted by atomic mass is 16.6. The van der Waals surface area contributed by atoms with Gasteiger partial charge in [0.1, 0.15) is 0 Å². The fraction of sp³-hybridized carbons (Fsp3) is 0.750. The Morgan fingerprint density at radius 3 is 2.62 bits per heavy atom. The molecule has 5 nitrogen and oxygen atoms in total. The Hall–Kier alpha value is -1.36. The van der Waals surface area contributed by atoms with Crippen molar-refractivity contribution in [1.29, 1.82) is 0 Å². The molecule has 2 heterocycles. The van der Waals surface area contributed by atoms with E-state index < -0.39 is 23.2 Å².